The van der Waals surface area contributed by atoms with E-state index in [0.717, 1.165) is 0 Å². The Balaban J connectivity index is 3.71. The molecule has 13 heavy (non-hydrogen) atoms. The Kier molecular flexibility index (Phi) is 6.23. The van der Waals surface area contributed by atoms with E-state index < -0.39 is 5.97 Å². The van der Waals surface area contributed by atoms with Crippen molar-refractivity contribution in [3.63, 3.8) is 0 Å². The molecule has 0 aliphatic heterocycles. The Morgan fingerprint density at radius 1 is 1.46 bits per heavy atom. The molecule has 0 aliphatic rings. The quantitative estimate of drug-likeness (QED) is 0.202. The van der Waals surface area contributed by atoms with Gasteiger partial charge in [0, 0.05) is 6.08 Å². The summed E-state index contributed by atoms with van der Waals surface area (Å²) in [6.07, 6.45) is 3.55. The van der Waals surface area contributed by atoms with Gasteiger partial charge in [0.2, 0.25) is 0 Å². The van der Waals surface area contributed by atoms with Crippen LogP contribution < -0.4 is 0 Å². The summed E-state index contributed by atoms with van der Waals surface area (Å²) in [6, 6.07) is 0. The fourth-order valence-electron chi connectivity index (χ4n) is 0.548. The van der Waals surface area contributed by atoms with Gasteiger partial charge in [0.15, 0.2) is 5.78 Å². The van der Waals surface area contributed by atoms with Gasteiger partial charge in [-0.15, -0.1) is 0 Å². The van der Waals surface area contributed by atoms with Gasteiger partial charge in [-0.25, -0.2) is 0 Å². The summed E-state index contributed by atoms with van der Waals surface area (Å²) in [4.78, 5) is 21.7. The maximum atomic E-state index is 10.9. The van der Waals surface area contributed by atoms with E-state index >= 15 is 0 Å². The number of carbonyl (C=O) groups excluding carboxylic acids is 2. The number of ether oxygens (including phenoxy) is 2. The fraction of sp³-hybridized carbons (Fsp3) is 0.333. The van der Waals surface area contributed by atoms with Crippen molar-refractivity contribution in [3.8, 4) is 0 Å². The number of allylic oxidation sites excluding steroid dienone is 1. The lowest BCUT2D eigenvalue weighted by atomic mass is 10.3. The predicted molar refractivity (Wildman–Crippen MR) is 46.9 cm³/mol. The molecular weight excluding hydrogens is 172 g/mol. The second-order valence-electron chi connectivity index (χ2n) is 2.15. The minimum Gasteiger partial charge on any atom is -0.504 e. The van der Waals surface area contributed by atoms with E-state index in [0.29, 0.717) is 0 Å². The van der Waals surface area contributed by atoms with Gasteiger partial charge in [-0.3, -0.25) is 9.59 Å². The van der Waals surface area contributed by atoms with Crippen LogP contribution in [0.3, 0.4) is 0 Å². The Morgan fingerprint density at radius 2 is 2.15 bits per heavy atom. The zero-order valence-corrected chi connectivity index (χ0v) is 7.49. The van der Waals surface area contributed by atoms with Crippen LogP contribution in [0.25, 0.3) is 0 Å². The molecule has 4 heteroatoms. The molecule has 0 bridgehead atoms. The highest BCUT2D eigenvalue weighted by molar-refractivity contribution is 6.01. The minimum atomic E-state index is -0.564. The van der Waals surface area contributed by atoms with Crippen LogP contribution in [0.2, 0.25) is 0 Å². The Labute approximate surface area is 76.8 Å². The summed E-state index contributed by atoms with van der Waals surface area (Å²) in [7, 11) is 1.42. The molecule has 0 aromatic rings. The lowest BCUT2D eigenvalue weighted by Gasteiger charge is -1.97. The number of carbonyl (C=O) groups is 2. The highest BCUT2D eigenvalue weighted by Gasteiger charge is 2.06. The Bertz CT molecular complexity index is 218. The summed E-state index contributed by atoms with van der Waals surface area (Å²) >= 11 is 0. The maximum absolute atomic E-state index is 10.9. The van der Waals surface area contributed by atoms with Crippen molar-refractivity contribution in [1.29, 1.82) is 0 Å². The van der Waals surface area contributed by atoms with Crippen molar-refractivity contribution in [2.75, 3.05) is 13.7 Å². The number of ketones is 1. The first-order valence-corrected chi connectivity index (χ1v) is 3.69. The molecule has 0 saturated heterocycles. The zero-order chi connectivity index (χ0) is 10.1. The first kappa shape index (κ1) is 11.4. The third-order valence-corrected chi connectivity index (χ3v) is 1.07. The average Bonchev–Trinajstić information content (AvgIpc) is 2.11. The monoisotopic (exact) mass is 184 g/mol. The van der Waals surface area contributed by atoms with Crippen molar-refractivity contribution >= 4 is 11.8 Å². The van der Waals surface area contributed by atoms with Gasteiger partial charge >= 0.3 is 5.97 Å². The molecule has 0 unspecified atom stereocenters. The number of hydrogen-bond donors (Lipinski definition) is 0. The smallest absolute Gasteiger partial charge is 0.313 e. The molecule has 0 heterocycles. The van der Waals surface area contributed by atoms with Gasteiger partial charge in [-0.2, -0.15) is 0 Å². The number of methoxy groups -OCH3 is 1. The summed E-state index contributed by atoms with van der Waals surface area (Å²) in [5.41, 5.74) is 0. The zero-order valence-electron chi connectivity index (χ0n) is 7.49. The van der Waals surface area contributed by atoms with Crippen LogP contribution in [0.5, 0.6) is 0 Å². The number of rotatable bonds is 6. The van der Waals surface area contributed by atoms with Gasteiger partial charge in [0.05, 0.1) is 13.4 Å². The molecular formula is C9H12O4. The van der Waals surface area contributed by atoms with E-state index in [4.69, 9.17) is 0 Å². The Hall–Kier alpha value is -1.58. The average molecular weight is 184 g/mol. The van der Waals surface area contributed by atoms with Gasteiger partial charge < -0.3 is 9.47 Å². The molecule has 0 N–H and O–H groups in total. The van der Waals surface area contributed by atoms with E-state index in [2.05, 4.69) is 16.1 Å². The molecule has 0 fully saturated rings. The molecule has 0 aliphatic carbocycles. The minimum absolute atomic E-state index is 0.125. The molecule has 0 atom stereocenters. The number of esters is 1. The Morgan fingerprint density at radius 3 is 2.69 bits per heavy atom. The van der Waals surface area contributed by atoms with Crippen LogP contribution in [0.1, 0.15) is 6.42 Å². The molecule has 0 aromatic carbocycles. The van der Waals surface area contributed by atoms with Crippen molar-refractivity contribution in [3.05, 3.63) is 25.0 Å². The molecule has 4 nitrogen and oxygen atoms in total. The van der Waals surface area contributed by atoms with Gasteiger partial charge in [-0.1, -0.05) is 12.7 Å². The van der Waals surface area contributed by atoms with Crippen LogP contribution in [0.15, 0.2) is 25.0 Å². The third-order valence-electron chi connectivity index (χ3n) is 1.07. The van der Waals surface area contributed by atoms with Crippen molar-refractivity contribution in [2.45, 2.75) is 6.42 Å². The largest absolute Gasteiger partial charge is 0.504 e. The van der Waals surface area contributed by atoms with E-state index in [1.54, 1.807) is 0 Å². The normalized spacial score (nSPS) is 9.62. The van der Waals surface area contributed by atoms with E-state index in [9.17, 15) is 9.59 Å². The summed E-state index contributed by atoms with van der Waals surface area (Å²) in [5.74, 6) is -0.915. The van der Waals surface area contributed by atoms with Crippen LogP contribution in [0.4, 0.5) is 0 Å². The van der Waals surface area contributed by atoms with Gasteiger partial charge in [-0.05, 0) is 0 Å². The van der Waals surface area contributed by atoms with Crippen LogP contribution in [0, 0.1) is 0 Å². The summed E-state index contributed by atoms with van der Waals surface area (Å²) in [6.45, 7) is 3.49. The lowest BCUT2D eigenvalue weighted by molar-refractivity contribution is -0.144. The molecule has 72 valence electrons. The highest BCUT2D eigenvalue weighted by Crippen LogP contribution is 1.90. The van der Waals surface area contributed by atoms with Gasteiger partial charge in [0.1, 0.15) is 13.0 Å². The molecule has 0 saturated carbocycles. The molecule has 0 rings (SSSR count). The SMILES string of the molecule is C=CCOC(=O)CC(=O)C=COC. The first-order valence-electron chi connectivity index (χ1n) is 3.69. The standard InChI is InChI=1S/C9H12O4/c1-3-5-13-9(11)7-8(10)4-6-12-2/h3-4,6H,1,5,7H2,2H3. The van der Waals surface area contributed by atoms with Crippen LogP contribution in [-0.2, 0) is 19.1 Å². The summed E-state index contributed by atoms with van der Waals surface area (Å²) in [5, 5.41) is 0. The van der Waals surface area contributed by atoms with Crippen molar-refractivity contribution in [1.82, 2.24) is 0 Å². The van der Waals surface area contributed by atoms with Crippen molar-refractivity contribution in [2.24, 2.45) is 0 Å². The maximum Gasteiger partial charge on any atom is 0.313 e. The molecule has 0 spiro atoms. The fourth-order valence-corrected chi connectivity index (χ4v) is 0.548. The van der Waals surface area contributed by atoms with E-state index in [1.165, 1.54) is 25.5 Å². The second-order valence-corrected chi connectivity index (χ2v) is 2.15. The second kappa shape index (κ2) is 7.09. The first-order chi connectivity index (χ1) is 6.20. The van der Waals surface area contributed by atoms with Crippen molar-refractivity contribution < 1.29 is 19.1 Å². The molecule has 0 aromatic heterocycles. The molecule has 0 radical (unpaired) electrons. The van der Waals surface area contributed by atoms with E-state index in [-0.39, 0.29) is 18.8 Å². The van der Waals surface area contributed by atoms with Crippen LogP contribution in [-0.4, -0.2) is 25.5 Å². The van der Waals surface area contributed by atoms with Crippen LogP contribution >= 0.6 is 0 Å². The topological polar surface area (TPSA) is 52.6 Å². The van der Waals surface area contributed by atoms with E-state index in [1.807, 2.05) is 0 Å². The summed E-state index contributed by atoms with van der Waals surface area (Å²) < 4.78 is 9.09. The van der Waals surface area contributed by atoms with Gasteiger partial charge in [0.25, 0.3) is 0 Å². The highest BCUT2D eigenvalue weighted by atomic mass is 16.5. The lowest BCUT2D eigenvalue weighted by Crippen LogP contribution is -2.09. The predicted octanol–water partition coefficient (Wildman–Crippen LogP) is 0.835. The third kappa shape index (κ3) is 6.80. The molecule has 0 amide bonds. The number of hydrogen-bond acceptors (Lipinski definition) is 4.